The fourth-order valence-corrected chi connectivity index (χ4v) is 3.34. The van der Waals surface area contributed by atoms with Gasteiger partial charge in [-0.15, -0.1) is 0 Å². The third kappa shape index (κ3) is 5.37. The van der Waals surface area contributed by atoms with Crippen molar-refractivity contribution < 1.29 is 22.7 Å². The van der Waals surface area contributed by atoms with E-state index in [2.05, 4.69) is 41.5 Å². The van der Waals surface area contributed by atoms with Gasteiger partial charge in [0.1, 0.15) is 11.4 Å². The molecule has 0 fully saturated rings. The smallest absolute Gasteiger partial charge is 0.272 e. The number of rotatable bonds is 7. The number of aromatic nitrogens is 3. The van der Waals surface area contributed by atoms with Crippen LogP contribution >= 0.6 is 27.5 Å². The summed E-state index contributed by atoms with van der Waals surface area (Å²) in [6.07, 6.45) is -2.77. The Morgan fingerprint density at radius 3 is 2.64 bits per heavy atom. The van der Waals surface area contributed by atoms with Crippen LogP contribution in [0.2, 0.25) is 5.02 Å². The third-order valence-electron chi connectivity index (χ3n) is 4.34. The number of halogens is 5. The minimum atomic E-state index is -2.77. The fourth-order valence-electron chi connectivity index (χ4n) is 2.87. The molecule has 33 heavy (non-hydrogen) atoms. The van der Waals surface area contributed by atoms with Crippen LogP contribution in [0.5, 0.6) is 5.88 Å². The van der Waals surface area contributed by atoms with Crippen molar-refractivity contribution in [3.63, 3.8) is 0 Å². The van der Waals surface area contributed by atoms with Crippen molar-refractivity contribution >= 4 is 61.9 Å². The summed E-state index contributed by atoms with van der Waals surface area (Å²) in [7, 11) is 0. The molecule has 2 aromatic carbocycles. The zero-order chi connectivity index (χ0) is 23.5. The number of amides is 1. The molecule has 2 aromatic heterocycles. The maximum atomic E-state index is 14.1. The van der Waals surface area contributed by atoms with Crippen molar-refractivity contribution in [2.75, 3.05) is 17.2 Å². The van der Waals surface area contributed by atoms with Gasteiger partial charge in [0.15, 0.2) is 12.3 Å². The molecule has 0 aliphatic rings. The van der Waals surface area contributed by atoms with Gasteiger partial charge in [-0.3, -0.25) is 4.79 Å². The third-order valence-corrected chi connectivity index (χ3v) is 5.18. The van der Waals surface area contributed by atoms with E-state index in [1.54, 1.807) is 24.3 Å². The van der Waals surface area contributed by atoms with Crippen LogP contribution in [0, 0.1) is 5.82 Å². The molecule has 170 valence electrons. The molecule has 12 heteroatoms. The van der Waals surface area contributed by atoms with E-state index in [0.717, 1.165) is 4.47 Å². The summed E-state index contributed by atoms with van der Waals surface area (Å²) in [6.45, 7) is -0.961. The molecule has 0 saturated heterocycles. The Morgan fingerprint density at radius 1 is 1.18 bits per heavy atom. The number of para-hydroxylation sites is 1. The van der Waals surface area contributed by atoms with Gasteiger partial charge in [-0.25, -0.2) is 13.2 Å². The summed E-state index contributed by atoms with van der Waals surface area (Å²) in [5.41, 5.74) is 0.722. The summed E-state index contributed by atoms with van der Waals surface area (Å²) in [6, 6.07) is 12.3. The van der Waals surface area contributed by atoms with E-state index in [1.165, 1.54) is 24.3 Å². The van der Waals surface area contributed by atoms with Crippen LogP contribution in [0.15, 0.2) is 53.0 Å². The molecule has 4 rings (SSSR count). The van der Waals surface area contributed by atoms with Crippen molar-refractivity contribution in [3.8, 4) is 5.88 Å². The van der Waals surface area contributed by atoms with Gasteiger partial charge in [-0.1, -0.05) is 33.6 Å². The van der Waals surface area contributed by atoms with Gasteiger partial charge in [0.2, 0.25) is 11.8 Å². The van der Waals surface area contributed by atoms with E-state index in [1.807, 2.05) is 0 Å². The number of fused-ring (bicyclic) bond motifs is 1. The molecule has 1 amide bonds. The summed E-state index contributed by atoms with van der Waals surface area (Å²) in [4.78, 5) is 24.0. The molecule has 2 heterocycles. The van der Waals surface area contributed by atoms with Crippen LogP contribution in [0.1, 0.15) is 10.4 Å². The van der Waals surface area contributed by atoms with Crippen molar-refractivity contribution in [1.29, 1.82) is 0 Å². The highest BCUT2D eigenvalue weighted by Crippen LogP contribution is 2.29. The zero-order valence-electron chi connectivity index (χ0n) is 16.5. The number of nitrogens with zero attached hydrogens (tertiary/aromatic N) is 2. The maximum Gasteiger partial charge on any atom is 0.272 e. The Hall–Kier alpha value is -3.31. The lowest BCUT2D eigenvalue weighted by atomic mass is 10.2. The molecule has 0 saturated carbocycles. The number of aromatic amines is 1. The first-order valence-electron chi connectivity index (χ1n) is 9.40. The Labute approximate surface area is 198 Å². The monoisotopic (exact) mass is 539 g/mol. The normalized spacial score (nSPS) is 11.1. The van der Waals surface area contributed by atoms with Crippen LogP contribution in [-0.2, 0) is 0 Å². The standard InChI is InChI=1S/C21H14BrClF3N5O2/c22-10-4-6-11(7-5-10)27-19(32)12-8-15-18(30-20(12)33-9-16(25)26)31-21(28-15)29-17-13(23)2-1-3-14(17)24/h1-8,16H,9H2,(H,27,32)(H2,28,29,30,31). The van der Waals surface area contributed by atoms with Crippen LogP contribution in [0.3, 0.4) is 0 Å². The number of imidazole rings is 1. The van der Waals surface area contributed by atoms with Crippen LogP contribution in [0.4, 0.5) is 30.5 Å². The highest BCUT2D eigenvalue weighted by atomic mass is 79.9. The quantitative estimate of drug-likeness (QED) is 0.261. The van der Waals surface area contributed by atoms with E-state index >= 15 is 0 Å². The lowest BCUT2D eigenvalue weighted by molar-refractivity contribution is 0.0782. The minimum Gasteiger partial charge on any atom is -0.471 e. The van der Waals surface area contributed by atoms with E-state index in [-0.39, 0.29) is 39.3 Å². The number of hydrogen-bond acceptors (Lipinski definition) is 5. The van der Waals surface area contributed by atoms with Gasteiger partial charge in [-0.2, -0.15) is 9.97 Å². The molecule has 4 aromatic rings. The fraction of sp³-hybridized carbons (Fsp3) is 0.0952. The number of pyridine rings is 1. The molecule has 3 N–H and O–H groups in total. The van der Waals surface area contributed by atoms with Crippen LogP contribution < -0.4 is 15.4 Å². The van der Waals surface area contributed by atoms with E-state index in [0.29, 0.717) is 5.69 Å². The van der Waals surface area contributed by atoms with Gasteiger partial charge in [0, 0.05) is 10.2 Å². The lowest BCUT2D eigenvalue weighted by Crippen LogP contribution is -2.16. The van der Waals surface area contributed by atoms with Crippen LogP contribution in [-0.4, -0.2) is 33.9 Å². The zero-order valence-corrected chi connectivity index (χ0v) is 18.8. The number of carbonyl (C=O) groups is 1. The molecule has 0 aliphatic carbocycles. The summed E-state index contributed by atoms with van der Waals surface area (Å²) >= 11 is 9.32. The number of nitrogens with one attached hydrogen (secondary N) is 3. The topological polar surface area (TPSA) is 91.9 Å². The average molecular weight is 541 g/mol. The molecule has 0 aliphatic heterocycles. The first kappa shape index (κ1) is 22.9. The SMILES string of the molecule is O=C(Nc1ccc(Br)cc1)c1cc2[nH]c(Nc3c(F)cccc3Cl)nc2nc1OCC(F)F. The lowest BCUT2D eigenvalue weighted by Gasteiger charge is -2.11. The minimum absolute atomic E-state index is 0.0133. The number of benzene rings is 2. The molecule has 0 radical (unpaired) electrons. The molecule has 7 nitrogen and oxygen atoms in total. The van der Waals surface area contributed by atoms with Crippen LogP contribution in [0.25, 0.3) is 11.2 Å². The first-order chi connectivity index (χ1) is 15.8. The van der Waals surface area contributed by atoms with Gasteiger partial charge in [-0.05, 0) is 42.5 Å². The average Bonchev–Trinajstić information content (AvgIpc) is 3.17. The van der Waals surface area contributed by atoms with Crippen molar-refractivity contribution in [2.24, 2.45) is 0 Å². The highest BCUT2D eigenvalue weighted by Gasteiger charge is 2.20. The van der Waals surface area contributed by atoms with Gasteiger partial charge >= 0.3 is 0 Å². The Balaban J connectivity index is 1.68. The summed E-state index contributed by atoms with van der Waals surface area (Å²) in [5.74, 6) is -1.47. The number of H-pyrrole nitrogens is 1. The second-order valence-electron chi connectivity index (χ2n) is 6.68. The van der Waals surface area contributed by atoms with Gasteiger partial charge in [0.25, 0.3) is 12.3 Å². The Morgan fingerprint density at radius 2 is 1.94 bits per heavy atom. The maximum absolute atomic E-state index is 14.1. The number of carbonyl (C=O) groups excluding carboxylic acids is 1. The van der Waals surface area contributed by atoms with E-state index < -0.39 is 24.8 Å². The first-order valence-corrected chi connectivity index (χ1v) is 10.6. The Bertz CT molecular complexity index is 1300. The molecule has 0 atom stereocenters. The molecule has 0 spiro atoms. The largest absolute Gasteiger partial charge is 0.471 e. The second-order valence-corrected chi connectivity index (χ2v) is 8.01. The Kier molecular flexibility index (Phi) is 6.70. The summed E-state index contributed by atoms with van der Waals surface area (Å²) < 4.78 is 45.4. The van der Waals surface area contributed by atoms with Crippen molar-refractivity contribution in [2.45, 2.75) is 6.43 Å². The predicted octanol–water partition coefficient (Wildman–Crippen LogP) is 6.15. The second kappa shape index (κ2) is 9.67. The van der Waals surface area contributed by atoms with Gasteiger partial charge in [0.05, 0.1) is 16.2 Å². The highest BCUT2D eigenvalue weighted by molar-refractivity contribution is 9.10. The van der Waals surface area contributed by atoms with Crippen molar-refractivity contribution in [3.05, 3.63) is 69.4 Å². The molecular formula is C21H14BrClF3N5O2. The molecule has 0 bridgehead atoms. The number of hydrogen-bond donors (Lipinski definition) is 3. The molecule has 0 unspecified atom stereocenters. The number of alkyl halides is 2. The van der Waals surface area contributed by atoms with E-state index in [4.69, 9.17) is 16.3 Å². The van der Waals surface area contributed by atoms with Gasteiger partial charge < -0.3 is 20.4 Å². The summed E-state index contributed by atoms with van der Waals surface area (Å²) in [5, 5.41) is 5.49. The van der Waals surface area contributed by atoms with E-state index in [9.17, 15) is 18.0 Å². The number of anilines is 3. The number of ether oxygens (including phenoxy) is 1. The molecular weight excluding hydrogens is 527 g/mol. The van der Waals surface area contributed by atoms with Crippen molar-refractivity contribution in [1.82, 2.24) is 15.0 Å². The predicted molar refractivity (Wildman–Crippen MR) is 122 cm³/mol.